The quantitative estimate of drug-likeness (QED) is 0.263. The van der Waals surface area contributed by atoms with Crippen molar-refractivity contribution < 1.29 is 14.3 Å². The molecule has 0 bridgehead atoms. The summed E-state index contributed by atoms with van der Waals surface area (Å²) in [6, 6.07) is 9.90. The van der Waals surface area contributed by atoms with Gasteiger partial charge in [0.15, 0.2) is 0 Å². The van der Waals surface area contributed by atoms with Crippen LogP contribution in [0.15, 0.2) is 46.8 Å². The summed E-state index contributed by atoms with van der Waals surface area (Å²) >= 11 is 0. The van der Waals surface area contributed by atoms with E-state index in [1.807, 2.05) is 45.9 Å². The number of pyridine rings is 2. The summed E-state index contributed by atoms with van der Waals surface area (Å²) in [6.07, 6.45) is 4.91. The average molecular weight is 571 g/mol. The van der Waals surface area contributed by atoms with Gasteiger partial charge in [-0.2, -0.15) is 10.4 Å². The summed E-state index contributed by atoms with van der Waals surface area (Å²) in [6.45, 7) is 12.9. The maximum atomic E-state index is 12.5. The third-order valence-corrected chi connectivity index (χ3v) is 7.69. The van der Waals surface area contributed by atoms with Crippen molar-refractivity contribution in [2.45, 2.75) is 78.6 Å². The minimum Gasteiger partial charge on any atom is -0.468 e. The molecule has 1 unspecified atom stereocenters. The fraction of sp³-hybridized carbons (Fsp3) is 0.484. The van der Waals surface area contributed by atoms with Crippen molar-refractivity contribution in [1.82, 2.24) is 19.3 Å². The van der Waals surface area contributed by atoms with Crippen LogP contribution in [0, 0.1) is 16.7 Å². The molecule has 0 saturated carbocycles. The van der Waals surface area contributed by atoms with Crippen molar-refractivity contribution in [3.8, 4) is 11.9 Å². The Balaban J connectivity index is 1.42. The number of piperidine rings is 1. The lowest BCUT2D eigenvalue weighted by Gasteiger charge is -2.32. The number of fused-ring (bicyclic) bond motifs is 2. The van der Waals surface area contributed by atoms with Gasteiger partial charge in [0.05, 0.1) is 23.6 Å². The highest BCUT2D eigenvalue weighted by molar-refractivity contribution is 6.47. The Labute approximate surface area is 246 Å². The van der Waals surface area contributed by atoms with Gasteiger partial charge in [-0.1, -0.05) is 19.9 Å². The van der Waals surface area contributed by atoms with Crippen LogP contribution in [-0.4, -0.2) is 61.5 Å². The molecule has 1 aliphatic heterocycles. The first-order chi connectivity index (χ1) is 19.9. The van der Waals surface area contributed by atoms with Crippen LogP contribution >= 0.6 is 0 Å². The maximum Gasteiger partial charge on any atom is 0.410 e. The zero-order valence-corrected chi connectivity index (χ0v) is 25.1. The van der Waals surface area contributed by atoms with E-state index in [4.69, 9.17) is 20.3 Å². The molecule has 4 heterocycles. The smallest absolute Gasteiger partial charge is 0.410 e. The third-order valence-electron chi connectivity index (χ3n) is 7.69. The number of hydrogen-bond acceptors (Lipinski definition) is 9. The number of hydrazone groups is 1. The van der Waals surface area contributed by atoms with Crippen molar-refractivity contribution in [3.63, 3.8) is 0 Å². The number of nitrogens with two attached hydrogens (primary N) is 1. The third kappa shape index (κ3) is 5.79. The van der Waals surface area contributed by atoms with E-state index >= 15 is 0 Å². The van der Waals surface area contributed by atoms with E-state index in [1.54, 1.807) is 15.5 Å². The van der Waals surface area contributed by atoms with Crippen molar-refractivity contribution in [1.29, 1.82) is 5.26 Å². The molecule has 3 aromatic heterocycles. The number of nitrogens with zero attached hydrogens (tertiary/aromatic N) is 7. The Hall–Kier alpha value is -4.46. The molecular weight excluding hydrogens is 532 g/mol. The molecule has 2 aliphatic rings. The van der Waals surface area contributed by atoms with Gasteiger partial charge in [-0.15, -0.1) is 0 Å². The Bertz CT molecular complexity index is 1600. The predicted molar refractivity (Wildman–Crippen MR) is 160 cm³/mol. The van der Waals surface area contributed by atoms with Gasteiger partial charge in [-0.05, 0) is 64.7 Å². The van der Waals surface area contributed by atoms with Gasteiger partial charge in [0.25, 0.3) is 0 Å². The molecule has 11 nitrogen and oxygen atoms in total. The van der Waals surface area contributed by atoms with Crippen molar-refractivity contribution >= 4 is 23.2 Å². The van der Waals surface area contributed by atoms with Gasteiger partial charge in [-0.3, -0.25) is 14.4 Å². The molecular formula is C31H38N8O3. The predicted octanol–water partition coefficient (Wildman–Crippen LogP) is 4.83. The second-order valence-electron chi connectivity index (χ2n) is 12.6. The lowest BCUT2D eigenvalue weighted by atomic mass is 9.88. The van der Waals surface area contributed by atoms with Crippen LogP contribution in [0.25, 0.3) is 5.65 Å². The lowest BCUT2D eigenvalue weighted by molar-refractivity contribution is 0.0207. The molecule has 1 fully saturated rings. The second-order valence-corrected chi connectivity index (χ2v) is 12.6. The van der Waals surface area contributed by atoms with E-state index in [1.165, 1.54) is 6.20 Å². The molecule has 220 valence electrons. The van der Waals surface area contributed by atoms with Crippen LogP contribution < -0.4 is 10.6 Å². The Morgan fingerprint density at radius 1 is 1.21 bits per heavy atom. The van der Waals surface area contributed by atoms with Crippen LogP contribution in [0.2, 0.25) is 0 Å². The van der Waals surface area contributed by atoms with Crippen LogP contribution in [0.3, 0.4) is 0 Å². The van der Waals surface area contributed by atoms with E-state index in [-0.39, 0.29) is 23.7 Å². The zero-order chi connectivity index (χ0) is 30.2. The summed E-state index contributed by atoms with van der Waals surface area (Å²) in [7, 11) is 0. The molecule has 1 amide bonds. The van der Waals surface area contributed by atoms with Gasteiger partial charge in [0.2, 0.25) is 5.88 Å². The highest BCUT2D eigenvalue weighted by Crippen LogP contribution is 2.46. The minimum absolute atomic E-state index is 0.0124. The molecule has 2 N–H and O–H groups in total. The number of imidazole rings is 1. The molecule has 1 saturated heterocycles. The fourth-order valence-electron chi connectivity index (χ4n) is 5.72. The number of carbonyl (C=O) groups excluding carboxylic acids is 1. The number of rotatable bonds is 5. The van der Waals surface area contributed by atoms with Gasteiger partial charge < -0.3 is 20.2 Å². The van der Waals surface area contributed by atoms with Crippen LogP contribution in [0.5, 0.6) is 5.88 Å². The first-order valence-electron chi connectivity index (χ1n) is 14.2. The first-order valence-corrected chi connectivity index (χ1v) is 14.2. The average Bonchev–Trinajstić information content (AvgIpc) is 3.46. The summed E-state index contributed by atoms with van der Waals surface area (Å²) in [5.74, 6) is 6.39. The monoisotopic (exact) mass is 570 g/mol. The summed E-state index contributed by atoms with van der Waals surface area (Å²) in [5.41, 5.74) is 4.04. The van der Waals surface area contributed by atoms with Gasteiger partial charge >= 0.3 is 6.09 Å². The number of amides is 1. The number of ether oxygens (including phenoxy) is 2. The molecule has 1 aliphatic carbocycles. The number of aliphatic imine (C=N–C) groups is 1. The molecule has 42 heavy (non-hydrogen) atoms. The molecule has 0 spiro atoms. The summed E-state index contributed by atoms with van der Waals surface area (Å²) in [5, 5.41) is 13.9. The second kappa shape index (κ2) is 11.1. The number of likely N-dealkylation sites (tertiary alicyclic amines) is 1. The van der Waals surface area contributed by atoms with E-state index in [0.717, 1.165) is 17.7 Å². The topological polar surface area (TPSA) is 143 Å². The number of aromatic nitrogens is 3. The molecule has 1 atom stereocenters. The van der Waals surface area contributed by atoms with E-state index in [9.17, 15) is 10.1 Å². The molecule has 5 rings (SSSR count). The molecule has 0 aromatic carbocycles. The van der Waals surface area contributed by atoms with Gasteiger partial charge in [0.1, 0.15) is 34.8 Å². The highest BCUT2D eigenvalue weighted by atomic mass is 16.6. The Morgan fingerprint density at radius 3 is 2.62 bits per heavy atom. The SMILES string of the molecule is CC(=NC1CCN(C(=O)OC(C)(C)C)CC1)/C(=N\N)c1cc(OC2c3ncccc3CC2(C)C)n2c(C#N)cnc2c1. The standard InChI is InChI=1S/C31H38N8O3/c1-19(36-22-9-12-38(13-10-22)29(40)42-30(2,3)4)26(37-33)21-14-24-35-18-23(17-32)39(24)25(15-21)41-28-27-20(8-7-11-34-27)16-31(28,5)6/h7-8,11,14-15,18,22,28H,9-10,12-13,16,33H2,1-6H3/b36-19?,37-26+. The number of carbonyl (C=O) groups is 1. The van der Waals surface area contributed by atoms with E-state index in [2.05, 4.69) is 41.1 Å². The largest absolute Gasteiger partial charge is 0.468 e. The fourth-order valence-corrected chi connectivity index (χ4v) is 5.72. The van der Waals surface area contributed by atoms with Crippen LogP contribution in [-0.2, 0) is 11.2 Å². The van der Waals surface area contributed by atoms with Crippen molar-refractivity contribution in [2.75, 3.05) is 13.1 Å². The normalized spacial score (nSPS) is 19.5. The summed E-state index contributed by atoms with van der Waals surface area (Å²) < 4.78 is 13.9. The first kappa shape index (κ1) is 29.0. The van der Waals surface area contributed by atoms with Crippen LogP contribution in [0.1, 0.15) is 83.0 Å². The van der Waals surface area contributed by atoms with Gasteiger partial charge in [0, 0.05) is 36.3 Å². The van der Waals surface area contributed by atoms with E-state index < -0.39 is 5.60 Å². The van der Waals surface area contributed by atoms with E-state index in [0.29, 0.717) is 60.1 Å². The number of nitriles is 1. The lowest BCUT2D eigenvalue weighted by Crippen LogP contribution is -2.42. The van der Waals surface area contributed by atoms with Crippen molar-refractivity contribution in [3.05, 3.63) is 59.2 Å². The molecule has 11 heteroatoms. The zero-order valence-electron chi connectivity index (χ0n) is 25.1. The summed E-state index contributed by atoms with van der Waals surface area (Å²) in [4.78, 5) is 28.2. The number of hydrogen-bond donors (Lipinski definition) is 1. The molecule has 0 radical (unpaired) electrons. The highest BCUT2D eigenvalue weighted by Gasteiger charge is 2.42. The van der Waals surface area contributed by atoms with Crippen molar-refractivity contribution in [2.24, 2.45) is 21.4 Å². The van der Waals surface area contributed by atoms with Gasteiger partial charge in [-0.25, -0.2) is 9.78 Å². The maximum absolute atomic E-state index is 12.5. The minimum atomic E-state index is -0.533. The Kier molecular flexibility index (Phi) is 7.66. The Morgan fingerprint density at radius 2 is 1.95 bits per heavy atom. The van der Waals surface area contributed by atoms with Crippen LogP contribution in [0.4, 0.5) is 4.79 Å². The molecule has 3 aromatic rings.